The van der Waals surface area contributed by atoms with Crippen LogP contribution in [0.2, 0.25) is 5.02 Å². The molecular weight excluding hydrogens is 530 g/mol. The van der Waals surface area contributed by atoms with Gasteiger partial charge in [-0.05, 0) is 56.0 Å². The maximum atomic E-state index is 13.0. The smallest absolute Gasteiger partial charge is 0.194 e. The van der Waals surface area contributed by atoms with Crippen molar-refractivity contribution in [3.63, 3.8) is 0 Å². The molecule has 1 heterocycles. The van der Waals surface area contributed by atoms with Crippen LogP contribution in [-0.4, -0.2) is 58.3 Å². The highest BCUT2D eigenvalue weighted by Crippen LogP contribution is 2.28. The number of ketones is 1. The van der Waals surface area contributed by atoms with Gasteiger partial charge < -0.3 is 29.0 Å². The minimum Gasteiger partial charge on any atom is -0.377 e. The highest BCUT2D eigenvalue weighted by molar-refractivity contribution is 6.35. The molecule has 4 rings (SSSR count). The molecule has 1 fully saturated rings. The molecule has 0 bridgehead atoms. The molecule has 1 unspecified atom stereocenters. The first kappa shape index (κ1) is 30.2. The summed E-state index contributed by atoms with van der Waals surface area (Å²) in [6, 6.07) is 20.8. The number of halogens is 1. The molecule has 0 amide bonds. The molecular formula is C32H38ClNO6. The van der Waals surface area contributed by atoms with E-state index in [-0.39, 0.29) is 12.1 Å². The monoisotopic (exact) mass is 567 g/mol. The number of para-hydroxylation sites is 1. The van der Waals surface area contributed by atoms with E-state index in [1.54, 1.807) is 12.1 Å². The van der Waals surface area contributed by atoms with Crippen LogP contribution in [0.5, 0.6) is 0 Å². The van der Waals surface area contributed by atoms with Crippen LogP contribution in [-0.2, 0) is 30.3 Å². The zero-order chi connectivity index (χ0) is 28.0. The Morgan fingerprint density at radius 2 is 1.60 bits per heavy atom. The number of nitrogens with one attached hydrogen (secondary N) is 1. The second-order valence-corrected chi connectivity index (χ2v) is 9.97. The number of hydrogen-bond donors (Lipinski definition) is 1. The van der Waals surface area contributed by atoms with Gasteiger partial charge in [-0.1, -0.05) is 54.1 Å². The van der Waals surface area contributed by atoms with Crippen LogP contribution in [0.3, 0.4) is 0 Å². The van der Waals surface area contributed by atoms with Gasteiger partial charge in [0.15, 0.2) is 12.1 Å². The summed E-state index contributed by atoms with van der Waals surface area (Å²) in [5.41, 5.74) is 4.75. The Morgan fingerprint density at radius 1 is 0.875 bits per heavy atom. The van der Waals surface area contributed by atoms with Gasteiger partial charge in [0.05, 0.1) is 51.3 Å². The fraction of sp³-hybridized carbons (Fsp3) is 0.406. The fourth-order valence-corrected chi connectivity index (χ4v) is 4.64. The Kier molecular flexibility index (Phi) is 12.4. The lowest BCUT2D eigenvalue weighted by molar-refractivity contribution is -0.169. The number of benzene rings is 3. The van der Waals surface area contributed by atoms with Crippen LogP contribution in [0.15, 0.2) is 66.7 Å². The van der Waals surface area contributed by atoms with Gasteiger partial charge in [0.2, 0.25) is 0 Å². The van der Waals surface area contributed by atoms with Gasteiger partial charge in [-0.3, -0.25) is 4.79 Å². The van der Waals surface area contributed by atoms with E-state index in [9.17, 15) is 4.79 Å². The fourth-order valence-electron chi connectivity index (χ4n) is 4.38. The topological polar surface area (TPSA) is 75.3 Å². The van der Waals surface area contributed by atoms with E-state index in [4.69, 9.17) is 35.3 Å². The lowest BCUT2D eigenvalue weighted by Gasteiger charge is -2.22. The molecule has 1 atom stereocenters. The second-order valence-electron chi connectivity index (χ2n) is 9.57. The molecule has 3 aromatic rings. The van der Waals surface area contributed by atoms with E-state index >= 15 is 0 Å². The van der Waals surface area contributed by atoms with E-state index in [1.165, 1.54) is 0 Å². The summed E-state index contributed by atoms with van der Waals surface area (Å²) in [4.78, 5) is 13.0. The lowest BCUT2D eigenvalue weighted by atomic mass is 9.99. The van der Waals surface area contributed by atoms with Gasteiger partial charge in [-0.15, -0.1) is 0 Å². The molecule has 0 saturated carbocycles. The zero-order valence-electron chi connectivity index (χ0n) is 23.0. The quantitative estimate of drug-likeness (QED) is 0.152. The van der Waals surface area contributed by atoms with Crippen molar-refractivity contribution < 1.29 is 28.5 Å². The van der Waals surface area contributed by atoms with Gasteiger partial charge in [-0.25, -0.2) is 0 Å². The SMILES string of the molecule is Cc1ccccc1C(=O)c1ccc(Nc2ccccc2COCCOCCOCCOC2CCCCO2)cc1Cl. The molecule has 0 radical (unpaired) electrons. The van der Waals surface area contributed by atoms with Crippen molar-refractivity contribution in [2.24, 2.45) is 0 Å². The van der Waals surface area contributed by atoms with Crippen molar-refractivity contribution in [1.82, 2.24) is 0 Å². The third kappa shape index (κ3) is 9.41. The molecule has 214 valence electrons. The minimum absolute atomic E-state index is 0.0792. The molecule has 1 aliphatic heterocycles. The van der Waals surface area contributed by atoms with Crippen molar-refractivity contribution in [1.29, 1.82) is 0 Å². The number of aryl methyl sites for hydroxylation is 1. The van der Waals surface area contributed by atoms with E-state index in [0.29, 0.717) is 62.4 Å². The summed E-state index contributed by atoms with van der Waals surface area (Å²) < 4.78 is 28.2. The highest BCUT2D eigenvalue weighted by Gasteiger charge is 2.16. The molecule has 0 aliphatic carbocycles. The van der Waals surface area contributed by atoms with Gasteiger partial charge in [0.25, 0.3) is 0 Å². The lowest BCUT2D eigenvalue weighted by Crippen LogP contribution is -2.24. The van der Waals surface area contributed by atoms with Crippen molar-refractivity contribution in [2.75, 3.05) is 51.6 Å². The van der Waals surface area contributed by atoms with Crippen LogP contribution < -0.4 is 5.32 Å². The first-order chi connectivity index (χ1) is 19.6. The van der Waals surface area contributed by atoms with E-state index in [2.05, 4.69) is 5.32 Å². The molecule has 40 heavy (non-hydrogen) atoms. The van der Waals surface area contributed by atoms with Crippen LogP contribution in [0.1, 0.15) is 46.3 Å². The number of hydrogen-bond acceptors (Lipinski definition) is 7. The van der Waals surface area contributed by atoms with E-state index in [1.807, 2.05) is 61.5 Å². The summed E-state index contributed by atoms with van der Waals surface area (Å²) >= 11 is 6.52. The molecule has 0 aromatic heterocycles. The maximum absolute atomic E-state index is 13.0. The Hall–Kier alpha value is -2.78. The minimum atomic E-state index is -0.0870. The Bertz CT molecular complexity index is 1210. The van der Waals surface area contributed by atoms with Crippen LogP contribution in [0.4, 0.5) is 11.4 Å². The molecule has 7 nitrogen and oxygen atoms in total. The van der Waals surface area contributed by atoms with Crippen molar-refractivity contribution in [2.45, 2.75) is 39.1 Å². The number of carbonyl (C=O) groups excluding carboxylic acids is 1. The normalized spacial score (nSPS) is 15.2. The first-order valence-corrected chi connectivity index (χ1v) is 14.2. The third-order valence-electron chi connectivity index (χ3n) is 6.57. The summed E-state index contributed by atoms with van der Waals surface area (Å²) in [5.74, 6) is -0.0870. The Morgan fingerprint density at radius 3 is 2.35 bits per heavy atom. The summed E-state index contributed by atoms with van der Waals surface area (Å²) in [7, 11) is 0. The second kappa shape index (κ2) is 16.5. The van der Waals surface area contributed by atoms with Crippen LogP contribution in [0, 0.1) is 6.92 Å². The molecule has 8 heteroatoms. The maximum Gasteiger partial charge on any atom is 0.194 e. The number of carbonyl (C=O) groups is 1. The highest BCUT2D eigenvalue weighted by atomic mass is 35.5. The van der Waals surface area contributed by atoms with Crippen LogP contribution in [0.25, 0.3) is 0 Å². The first-order valence-electron chi connectivity index (χ1n) is 13.8. The average molecular weight is 568 g/mol. The van der Waals surface area contributed by atoms with E-state index in [0.717, 1.165) is 48.4 Å². The summed E-state index contributed by atoms with van der Waals surface area (Å²) in [6.07, 6.45) is 3.15. The Labute approximate surface area is 241 Å². The standard InChI is InChI=1S/C32H38ClNO6/c1-24-8-2-4-10-27(24)32(35)28-14-13-26(22-29(28)33)34-30-11-5-3-9-25(30)23-38-19-18-36-16-17-37-20-21-40-31-12-6-7-15-39-31/h2-5,8-11,13-14,22,31,34H,6-7,12,15-21,23H2,1H3. The molecule has 1 saturated heterocycles. The number of ether oxygens (including phenoxy) is 5. The summed E-state index contributed by atoms with van der Waals surface area (Å²) in [5, 5.41) is 3.80. The van der Waals surface area contributed by atoms with Gasteiger partial charge in [0, 0.05) is 34.7 Å². The zero-order valence-corrected chi connectivity index (χ0v) is 23.8. The molecule has 0 spiro atoms. The van der Waals surface area contributed by atoms with Crippen molar-refractivity contribution in [3.05, 3.63) is 94.0 Å². The molecule has 1 N–H and O–H groups in total. The van der Waals surface area contributed by atoms with E-state index < -0.39 is 0 Å². The van der Waals surface area contributed by atoms with Gasteiger partial charge >= 0.3 is 0 Å². The number of rotatable bonds is 16. The average Bonchev–Trinajstić information content (AvgIpc) is 2.97. The van der Waals surface area contributed by atoms with Crippen LogP contribution >= 0.6 is 11.6 Å². The van der Waals surface area contributed by atoms with Gasteiger partial charge in [-0.2, -0.15) is 0 Å². The van der Waals surface area contributed by atoms with Crippen molar-refractivity contribution >= 4 is 28.8 Å². The number of anilines is 2. The predicted octanol–water partition coefficient (Wildman–Crippen LogP) is 6.72. The third-order valence-corrected chi connectivity index (χ3v) is 6.88. The molecule has 3 aromatic carbocycles. The van der Waals surface area contributed by atoms with Crippen molar-refractivity contribution in [3.8, 4) is 0 Å². The Balaban J connectivity index is 1.15. The predicted molar refractivity (Wildman–Crippen MR) is 157 cm³/mol. The molecule has 1 aliphatic rings. The summed E-state index contributed by atoms with van der Waals surface area (Å²) in [6.45, 7) is 6.16. The largest absolute Gasteiger partial charge is 0.377 e. The van der Waals surface area contributed by atoms with Gasteiger partial charge in [0.1, 0.15) is 0 Å².